The van der Waals surface area contributed by atoms with Crippen LogP contribution in [0, 0.1) is 0 Å². The monoisotopic (exact) mass is 400 g/mol. The Hall–Kier alpha value is -2.97. The molecule has 0 aliphatic carbocycles. The Morgan fingerprint density at radius 3 is 2.46 bits per heavy atom. The second-order valence-electron chi connectivity index (χ2n) is 6.11. The van der Waals surface area contributed by atoms with Crippen molar-refractivity contribution in [3.8, 4) is 0 Å². The Morgan fingerprint density at radius 2 is 1.86 bits per heavy atom. The summed E-state index contributed by atoms with van der Waals surface area (Å²) in [6.07, 6.45) is 4.17. The normalized spacial score (nSPS) is 12.0. The van der Waals surface area contributed by atoms with Crippen LogP contribution in [0.2, 0.25) is 0 Å². The predicted octanol–water partition coefficient (Wildman–Crippen LogP) is 3.45. The molecule has 7 nitrogen and oxygen atoms in total. The lowest BCUT2D eigenvalue weighted by Gasteiger charge is -2.20. The van der Waals surface area contributed by atoms with E-state index >= 15 is 0 Å². The average Bonchev–Trinajstić information content (AvgIpc) is 2.67. The fourth-order valence-corrected chi connectivity index (χ4v) is 3.26. The van der Waals surface area contributed by atoms with Crippen LogP contribution < -0.4 is 10.5 Å². The maximum atomic E-state index is 12.3. The molecular weight excluding hydrogens is 380 g/mol. The molecule has 2 heterocycles. The maximum Gasteiger partial charge on any atom is 0.343 e. The molecule has 0 radical (unpaired) electrons. The van der Waals surface area contributed by atoms with Crippen LogP contribution in [0.5, 0.6) is 0 Å². The number of anilines is 1. The first-order chi connectivity index (χ1) is 13.3. The van der Waals surface area contributed by atoms with Crippen molar-refractivity contribution in [3.63, 3.8) is 0 Å². The number of nitrogens with zero attached hydrogens (tertiary/aromatic N) is 2. The predicted molar refractivity (Wildman–Crippen MR) is 109 cm³/mol. The fraction of sp³-hybridized carbons (Fsp3) is 0.200. The van der Waals surface area contributed by atoms with Crippen LogP contribution in [0.15, 0.2) is 56.7 Å². The molecule has 0 spiro atoms. The summed E-state index contributed by atoms with van der Waals surface area (Å²) in [7, 11) is -4.29. The van der Waals surface area contributed by atoms with E-state index in [4.69, 9.17) is 8.97 Å². The number of fused-ring (bicyclic) bond motifs is 1. The summed E-state index contributed by atoms with van der Waals surface area (Å²) in [5.74, 6) is 0. The molecule has 8 heteroatoms. The van der Waals surface area contributed by atoms with Gasteiger partial charge in [0.1, 0.15) is 10.5 Å². The Kier molecular flexibility index (Phi) is 5.62. The molecule has 3 aromatic rings. The van der Waals surface area contributed by atoms with Crippen molar-refractivity contribution in [2.24, 2.45) is 0 Å². The van der Waals surface area contributed by atoms with Crippen molar-refractivity contribution in [1.29, 1.82) is 0 Å². The van der Waals surface area contributed by atoms with Crippen molar-refractivity contribution in [2.45, 2.75) is 18.7 Å². The number of aromatic nitrogens is 1. The SMILES string of the molecule is CCN(CC)c1ccc2cc(/C=C/c3ccc(S(=O)(=O)O)cn3)c(=O)oc2c1. The van der Waals surface area contributed by atoms with Gasteiger partial charge in [-0.05, 0) is 56.3 Å². The van der Waals surface area contributed by atoms with Crippen molar-refractivity contribution in [3.05, 3.63) is 64.3 Å². The molecule has 0 saturated heterocycles. The van der Waals surface area contributed by atoms with Gasteiger partial charge in [-0.15, -0.1) is 0 Å². The number of hydrogen-bond donors (Lipinski definition) is 1. The highest BCUT2D eigenvalue weighted by molar-refractivity contribution is 7.85. The average molecular weight is 400 g/mol. The molecule has 1 aromatic carbocycles. The Bertz CT molecular complexity index is 1180. The second kappa shape index (κ2) is 7.95. The zero-order valence-electron chi connectivity index (χ0n) is 15.5. The summed E-state index contributed by atoms with van der Waals surface area (Å²) >= 11 is 0. The van der Waals surface area contributed by atoms with E-state index in [0.717, 1.165) is 30.4 Å². The van der Waals surface area contributed by atoms with Gasteiger partial charge in [-0.1, -0.05) is 0 Å². The van der Waals surface area contributed by atoms with E-state index in [9.17, 15) is 13.2 Å². The minimum absolute atomic E-state index is 0.293. The minimum atomic E-state index is -4.29. The highest BCUT2D eigenvalue weighted by Crippen LogP contribution is 2.22. The van der Waals surface area contributed by atoms with E-state index in [1.165, 1.54) is 12.1 Å². The van der Waals surface area contributed by atoms with Gasteiger partial charge in [0, 0.05) is 36.4 Å². The molecule has 0 unspecified atom stereocenters. The molecular formula is C20H20N2O5S. The summed E-state index contributed by atoms with van der Waals surface area (Å²) in [5, 5.41) is 0.796. The highest BCUT2D eigenvalue weighted by atomic mass is 32.2. The molecule has 0 saturated carbocycles. The molecule has 0 aliphatic heterocycles. The third-order valence-corrected chi connectivity index (χ3v) is 5.20. The highest BCUT2D eigenvalue weighted by Gasteiger charge is 2.09. The first-order valence-electron chi connectivity index (χ1n) is 8.76. The van der Waals surface area contributed by atoms with Crippen molar-refractivity contribution >= 4 is 38.9 Å². The fourth-order valence-electron chi connectivity index (χ4n) is 2.84. The Morgan fingerprint density at radius 1 is 1.11 bits per heavy atom. The van der Waals surface area contributed by atoms with E-state index < -0.39 is 15.7 Å². The van der Waals surface area contributed by atoms with Crippen LogP contribution in [0.3, 0.4) is 0 Å². The molecule has 0 atom stereocenters. The number of hydrogen-bond acceptors (Lipinski definition) is 6. The molecule has 2 aromatic heterocycles. The maximum absolute atomic E-state index is 12.3. The summed E-state index contributed by atoms with van der Waals surface area (Å²) in [4.78, 5) is 18.1. The lowest BCUT2D eigenvalue weighted by atomic mass is 10.1. The quantitative estimate of drug-likeness (QED) is 0.499. The van der Waals surface area contributed by atoms with Gasteiger partial charge in [0.2, 0.25) is 0 Å². The lowest BCUT2D eigenvalue weighted by molar-refractivity contribution is 0.483. The number of benzene rings is 1. The van der Waals surface area contributed by atoms with Crippen molar-refractivity contribution in [2.75, 3.05) is 18.0 Å². The Balaban J connectivity index is 1.91. The van der Waals surface area contributed by atoms with E-state index in [0.29, 0.717) is 16.8 Å². The number of rotatable bonds is 6. The zero-order chi connectivity index (χ0) is 20.3. The van der Waals surface area contributed by atoms with Crippen LogP contribution in [-0.4, -0.2) is 31.0 Å². The van der Waals surface area contributed by atoms with E-state index in [2.05, 4.69) is 23.7 Å². The molecule has 0 aliphatic rings. The standard InChI is InChI=1S/C20H20N2O5S/c1-3-22(4-2)17-9-6-14-11-15(20(23)27-19(14)12-17)5-7-16-8-10-18(13-21-16)28(24,25)26/h5-13H,3-4H2,1-2H3,(H,24,25,26)/b7-5+. The van der Waals surface area contributed by atoms with Gasteiger partial charge in [0.05, 0.1) is 11.3 Å². The van der Waals surface area contributed by atoms with Crippen molar-refractivity contribution < 1.29 is 17.4 Å². The summed E-state index contributed by atoms with van der Waals surface area (Å²) in [6, 6.07) is 10.1. The molecule has 0 bridgehead atoms. The smallest absolute Gasteiger partial charge is 0.343 e. The molecule has 146 valence electrons. The van der Waals surface area contributed by atoms with Gasteiger partial charge >= 0.3 is 5.63 Å². The first kappa shape index (κ1) is 19.8. The van der Waals surface area contributed by atoms with E-state index in [1.807, 2.05) is 18.2 Å². The van der Waals surface area contributed by atoms with Gasteiger partial charge in [-0.25, -0.2) is 4.79 Å². The summed E-state index contributed by atoms with van der Waals surface area (Å²) < 4.78 is 36.5. The van der Waals surface area contributed by atoms with Crippen LogP contribution in [0.1, 0.15) is 25.1 Å². The molecule has 0 amide bonds. The van der Waals surface area contributed by atoms with Crippen LogP contribution in [0.25, 0.3) is 23.1 Å². The van der Waals surface area contributed by atoms with Crippen LogP contribution in [0.4, 0.5) is 5.69 Å². The lowest BCUT2D eigenvalue weighted by Crippen LogP contribution is -2.21. The third-order valence-electron chi connectivity index (χ3n) is 4.37. The first-order valence-corrected chi connectivity index (χ1v) is 10.2. The van der Waals surface area contributed by atoms with Gasteiger partial charge in [0.25, 0.3) is 10.1 Å². The summed E-state index contributed by atoms with van der Waals surface area (Å²) in [6.45, 7) is 5.84. The molecule has 0 fully saturated rings. The minimum Gasteiger partial charge on any atom is -0.422 e. The molecule has 28 heavy (non-hydrogen) atoms. The van der Waals surface area contributed by atoms with Crippen LogP contribution in [-0.2, 0) is 10.1 Å². The van der Waals surface area contributed by atoms with Gasteiger partial charge in [-0.3, -0.25) is 9.54 Å². The second-order valence-corrected chi connectivity index (χ2v) is 7.53. The topological polar surface area (TPSA) is 101 Å². The number of pyridine rings is 1. The van der Waals surface area contributed by atoms with Crippen LogP contribution >= 0.6 is 0 Å². The molecule has 3 rings (SSSR count). The zero-order valence-corrected chi connectivity index (χ0v) is 16.3. The summed E-state index contributed by atoms with van der Waals surface area (Å²) in [5.41, 5.74) is 1.82. The van der Waals surface area contributed by atoms with Gasteiger partial charge in [0.15, 0.2) is 0 Å². The Labute approximate surface area is 162 Å². The van der Waals surface area contributed by atoms with E-state index in [-0.39, 0.29) is 4.90 Å². The largest absolute Gasteiger partial charge is 0.422 e. The molecule has 1 N–H and O–H groups in total. The van der Waals surface area contributed by atoms with Gasteiger partial charge < -0.3 is 9.32 Å². The third kappa shape index (κ3) is 4.29. The van der Waals surface area contributed by atoms with Crippen molar-refractivity contribution in [1.82, 2.24) is 4.98 Å². The van der Waals surface area contributed by atoms with E-state index in [1.54, 1.807) is 18.2 Å². The van der Waals surface area contributed by atoms with Gasteiger partial charge in [-0.2, -0.15) is 8.42 Å².